The molecule has 0 fully saturated rings. The van der Waals surface area contributed by atoms with E-state index in [1.165, 1.54) is 0 Å². The van der Waals surface area contributed by atoms with Gasteiger partial charge in [0.15, 0.2) is 0 Å². The van der Waals surface area contributed by atoms with Crippen LogP contribution in [0.1, 0.15) is 62.3 Å². The molecule has 0 radical (unpaired) electrons. The normalized spacial score (nSPS) is 16.8. The van der Waals surface area contributed by atoms with Crippen molar-refractivity contribution in [2.75, 3.05) is 0 Å². The van der Waals surface area contributed by atoms with Gasteiger partial charge < -0.3 is 0 Å². The maximum absolute atomic E-state index is 4.53. The summed E-state index contributed by atoms with van der Waals surface area (Å²) < 4.78 is 0. The summed E-state index contributed by atoms with van der Waals surface area (Å²) in [5, 5.41) is 0. The maximum Gasteiger partial charge on any atom is 0.130 e. The molecule has 2 heteroatoms. The molecule has 0 amide bonds. The molecule has 100 valence electrons. The van der Waals surface area contributed by atoms with E-state index in [0.717, 1.165) is 11.5 Å². The van der Waals surface area contributed by atoms with E-state index >= 15 is 0 Å². The van der Waals surface area contributed by atoms with Crippen LogP contribution in [0.3, 0.4) is 0 Å². The van der Waals surface area contributed by atoms with Crippen LogP contribution in [0.25, 0.3) is 0 Å². The Morgan fingerprint density at radius 3 is 1.94 bits per heavy atom. The van der Waals surface area contributed by atoms with Gasteiger partial charge >= 0.3 is 0 Å². The van der Waals surface area contributed by atoms with E-state index in [4.69, 9.17) is 0 Å². The number of aliphatic imine (C=N–C) groups is 2. The van der Waals surface area contributed by atoms with Gasteiger partial charge in [-0.2, -0.15) is 0 Å². The van der Waals surface area contributed by atoms with Crippen molar-refractivity contribution in [2.24, 2.45) is 21.3 Å². The average molecular weight is 238 g/mol. The van der Waals surface area contributed by atoms with Crippen molar-refractivity contribution in [3.8, 4) is 0 Å². The lowest BCUT2D eigenvalue weighted by atomic mass is 9.88. The summed E-state index contributed by atoms with van der Waals surface area (Å²) in [6, 6.07) is 0. The van der Waals surface area contributed by atoms with Gasteiger partial charge in [0, 0.05) is 23.2 Å². The molecule has 0 N–H and O–H groups in total. The fourth-order valence-corrected chi connectivity index (χ4v) is 1.04. The monoisotopic (exact) mass is 238 g/mol. The van der Waals surface area contributed by atoms with E-state index in [1.807, 2.05) is 33.9 Å². The zero-order valence-electron chi connectivity index (χ0n) is 13.1. The van der Waals surface area contributed by atoms with Gasteiger partial charge in [-0.3, -0.25) is 0 Å². The lowest BCUT2D eigenvalue weighted by molar-refractivity contribution is 0.673. The summed E-state index contributed by atoms with van der Waals surface area (Å²) in [7, 11) is 0. The summed E-state index contributed by atoms with van der Waals surface area (Å²) in [5.41, 5.74) is 1.17. The molecule has 1 heterocycles. The Hall–Kier alpha value is -0.920. The first-order chi connectivity index (χ1) is 7.93. The van der Waals surface area contributed by atoms with Crippen LogP contribution in [0.2, 0.25) is 0 Å². The van der Waals surface area contributed by atoms with Gasteiger partial charge in [-0.25, -0.2) is 9.98 Å². The Morgan fingerprint density at radius 1 is 1.06 bits per heavy atom. The van der Waals surface area contributed by atoms with Gasteiger partial charge in [0.05, 0.1) is 0 Å². The minimum Gasteiger partial charge on any atom is -0.242 e. The average Bonchev–Trinajstić information content (AvgIpc) is 2.44. The van der Waals surface area contributed by atoms with Crippen molar-refractivity contribution in [1.29, 1.82) is 0 Å². The number of rotatable bonds is 1. The topological polar surface area (TPSA) is 24.7 Å². The van der Waals surface area contributed by atoms with Crippen LogP contribution in [0.5, 0.6) is 0 Å². The van der Waals surface area contributed by atoms with Crippen molar-refractivity contribution in [2.45, 2.75) is 62.3 Å². The van der Waals surface area contributed by atoms with E-state index in [0.29, 0.717) is 5.92 Å². The molecule has 0 saturated carbocycles. The smallest absolute Gasteiger partial charge is 0.130 e. The minimum atomic E-state index is 0.0418. The molecular weight excluding hydrogens is 208 g/mol. The number of hydrogen-bond acceptors (Lipinski definition) is 2. The fourth-order valence-electron chi connectivity index (χ4n) is 1.04. The highest BCUT2D eigenvalue weighted by molar-refractivity contribution is 6.01. The Bertz CT molecular complexity index is 281. The molecule has 0 aromatic carbocycles. The second-order valence-electron chi connectivity index (χ2n) is 4.38. The Balaban J connectivity index is 0. The third-order valence-electron chi connectivity index (χ3n) is 2.43. The highest BCUT2D eigenvalue weighted by Gasteiger charge is 2.20. The minimum absolute atomic E-state index is 0.0418. The molecule has 0 spiro atoms. The molecule has 0 bridgehead atoms. The molecule has 0 aromatic heterocycles. The second kappa shape index (κ2) is 9.15. The van der Waals surface area contributed by atoms with Crippen LogP contribution < -0.4 is 0 Å². The van der Waals surface area contributed by atoms with Crippen molar-refractivity contribution >= 4 is 11.5 Å². The summed E-state index contributed by atoms with van der Waals surface area (Å²) in [4.78, 5) is 8.85. The van der Waals surface area contributed by atoms with E-state index in [-0.39, 0.29) is 5.41 Å². The van der Waals surface area contributed by atoms with Gasteiger partial charge in [-0.15, -0.1) is 0 Å². The zero-order valence-corrected chi connectivity index (χ0v) is 13.1. The number of amidine groups is 1. The molecule has 2 nitrogen and oxygen atoms in total. The number of hydrogen-bond donors (Lipinski definition) is 0. The first-order valence-electron chi connectivity index (χ1n) is 6.74. The molecule has 0 aliphatic carbocycles. The molecule has 17 heavy (non-hydrogen) atoms. The van der Waals surface area contributed by atoms with E-state index < -0.39 is 0 Å². The molecule has 0 saturated heterocycles. The van der Waals surface area contributed by atoms with E-state index in [9.17, 15) is 0 Å². The molecule has 1 aliphatic heterocycles. The van der Waals surface area contributed by atoms with Crippen LogP contribution in [0, 0.1) is 11.3 Å². The van der Waals surface area contributed by atoms with Crippen molar-refractivity contribution in [3.05, 3.63) is 12.3 Å². The number of nitrogens with zero attached hydrogens (tertiary/aromatic N) is 2. The summed E-state index contributed by atoms with van der Waals surface area (Å²) in [6.45, 7) is 18.6. The predicted octanol–water partition coefficient (Wildman–Crippen LogP) is 5.11. The van der Waals surface area contributed by atoms with Gasteiger partial charge in [0.2, 0.25) is 0 Å². The van der Waals surface area contributed by atoms with Crippen molar-refractivity contribution < 1.29 is 0 Å². The maximum atomic E-state index is 4.53. The van der Waals surface area contributed by atoms with Crippen molar-refractivity contribution in [1.82, 2.24) is 0 Å². The molecular formula is C15H30N2. The second-order valence-corrected chi connectivity index (χ2v) is 4.38. The number of allylic oxidation sites excluding steroid dienone is 1. The van der Waals surface area contributed by atoms with Crippen LogP contribution in [-0.4, -0.2) is 11.5 Å². The SMILES string of the molecule is CC.CC.CC1=NC(C(C)C)=NC=CC1(C)C. The summed E-state index contributed by atoms with van der Waals surface area (Å²) >= 11 is 0. The third-order valence-corrected chi connectivity index (χ3v) is 2.43. The lowest BCUT2D eigenvalue weighted by Gasteiger charge is -2.18. The molecule has 1 rings (SSSR count). The first-order valence-corrected chi connectivity index (χ1v) is 6.74. The Labute approximate surface area is 108 Å². The highest BCUT2D eigenvalue weighted by Crippen LogP contribution is 2.22. The highest BCUT2D eigenvalue weighted by atomic mass is 14.9. The van der Waals surface area contributed by atoms with Crippen molar-refractivity contribution in [3.63, 3.8) is 0 Å². The van der Waals surface area contributed by atoms with E-state index in [1.54, 1.807) is 0 Å². The van der Waals surface area contributed by atoms with Crippen LogP contribution >= 0.6 is 0 Å². The molecule has 0 atom stereocenters. The van der Waals surface area contributed by atoms with Gasteiger partial charge in [0.1, 0.15) is 5.84 Å². The Kier molecular flexibility index (Phi) is 9.92. The molecule has 0 aromatic rings. The van der Waals surface area contributed by atoms with Crippen LogP contribution in [-0.2, 0) is 0 Å². The van der Waals surface area contributed by atoms with E-state index in [2.05, 4.69) is 50.7 Å². The zero-order chi connectivity index (χ0) is 14.1. The largest absolute Gasteiger partial charge is 0.242 e. The lowest BCUT2D eigenvalue weighted by Crippen LogP contribution is -2.19. The molecule has 0 unspecified atom stereocenters. The standard InChI is InChI=1S/C11H18N2.2C2H6/c1-8(2)10-12-7-6-11(4,5)9(3)13-10;2*1-2/h6-8H,1-5H3;2*1-2H3. The van der Waals surface area contributed by atoms with Gasteiger partial charge in [-0.05, 0) is 6.92 Å². The fraction of sp³-hybridized carbons (Fsp3) is 0.733. The summed E-state index contributed by atoms with van der Waals surface area (Å²) in [5.74, 6) is 1.33. The van der Waals surface area contributed by atoms with Gasteiger partial charge in [0.25, 0.3) is 0 Å². The summed E-state index contributed by atoms with van der Waals surface area (Å²) in [6.07, 6.45) is 3.97. The van der Waals surface area contributed by atoms with Crippen LogP contribution in [0.15, 0.2) is 22.3 Å². The Morgan fingerprint density at radius 2 is 1.53 bits per heavy atom. The molecule has 1 aliphatic rings. The van der Waals surface area contributed by atoms with Gasteiger partial charge in [-0.1, -0.05) is 61.5 Å². The van der Waals surface area contributed by atoms with Crippen LogP contribution in [0.4, 0.5) is 0 Å². The predicted molar refractivity (Wildman–Crippen MR) is 81.0 cm³/mol. The first kappa shape index (κ1) is 18.4. The third kappa shape index (κ3) is 6.40. The quantitative estimate of drug-likeness (QED) is 0.606.